The van der Waals surface area contributed by atoms with Crippen molar-refractivity contribution in [1.82, 2.24) is 5.32 Å². The monoisotopic (exact) mass is 277 g/mol. The van der Waals surface area contributed by atoms with Crippen LogP contribution in [0.4, 0.5) is 0 Å². The summed E-state index contributed by atoms with van der Waals surface area (Å²) in [5.74, 6) is 3.24. The van der Waals surface area contributed by atoms with E-state index >= 15 is 0 Å². The number of rotatable bonds is 8. The molecule has 1 fully saturated rings. The maximum Gasteiger partial charge on any atom is 0.127 e. The summed E-state index contributed by atoms with van der Waals surface area (Å²) in [6.07, 6.45) is 3.98. The number of methoxy groups -OCH3 is 1. The second-order valence-electron chi connectivity index (χ2n) is 6.11. The van der Waals surface area contributed by atoms with Gasteiger partial charge in [-0.1, -0.05) is 26.3 Å². The lowest BCUT2D eigenvalue weighted by Crippen LogP contribution is -2.21. The Balaban J connectivity index is 1.95. The molecular weight excluding hydrogens is 250 g/mol. The SMILES string of the molecule is COc1ccc(CNCC(C)C)c(OCC2CCC2)c1. The van der Waals surface area contributed by atoms with Gasteiger partial charge in [0.2, 0.25) is 0 Å². The minimum atomic E-state index is 0.660. The highest BCUT2D eigenvalue weighted by Crippen LogP contribution is 2.30. The van der Waals surface area contributed by atoms with Crippen LogP contribution in [0.15, 0.2) is 18.2 Å². The van der Waals surface area contributed by atoms with Gasteiger partial charge in [0.05, 0.1) is 13.7 Å². The van der Waals surface area contributed by atoms with Crippen molar-refractivity contribution in [3.8, 4) is 11.5 Å². The van der Waals surface area contributed by atoms with E-state index in [1.165, 1.54) is 24.8 Å². The lowest BCUT2D eigenvalue weighted by Gasteiger charge is -2.26. The van der Waals surface area contributed by atoms with Crippen LogP contribution < -0.4 is 14.8 Å². The van der Waals surface area contributed by atoms with Crippen LogP contribution in [0.25, 0.3) is 0 Å². The van der Waals surface area contributed by atoms with Crippen molar-refractivity contribution in [1.29, 1.82) is 0 Å². The molecule has 0 radical (unpaired) electrons. The van der Waals surface area contributed by atoms with Gasteiger partial charge in [-0.3, -0.25) is 0 Å². The molecule has 0 saturated heterocycles. The first-order chi connectivity index (χ1) is 9.69. The Bertz CT molecular complexity index is 413. The molecule has 2 rings (SSSR count). The molecule has 3 nitrogen and oxygen atoms in total. The van der Waals surface area contributed by atoms with Crippen molar-refractivity contribution < 1.29 is 9.47 Å². The molecule has 1 N–H and O–H groups in total. The predicted molar refractivity (Wildman–Crippen MR) is 82.4 cm³/mol. The molecule has 112 valence electrons. The summed E-state index contributed by atoms with van der Waals surface area (Å²) in [5, 5.41) is 3.47. The summed E-state index contributed by atoms with van der Waals surface area (Å²) in [6, 6.07) is 6.11. The van der Waals surface area contributed by atoms with Gasteiger partial charge in [-0.2, -0.15) is 0 Å². The molecule has 0 atom stereocenters. The first kappa shape index (κ1) is 15.2. The topological polar surface area (TPSA) is 30.5 Å². The van der Waals surface area contributed by atoms with Crippen LogP contribution in [-0.2, 0) is 6.54 Å². The Morgan fingerprint density at radius 2 is 2.10 bits per heavy atom. The Morgan fingerprint density at radius 3 is 2.70 bits per heavy atom. The van der Waals surface area contributed by atoms with Crippen LogP contribution in [0.2, 0.25) is 0 Å². The van der Waals surface area contributed by atoms with Gasteiger partial charge in [-0.05, 0) is 37.3 Å². The summed E-state index contributed by atoms with van der Waals surface area (Å²) >= 11 is 0. The van der Waals surface area contributed by atoms with Crippen LogP contribution >= 0.6 is 0 Å². The molecule has 0 heterocycles. The lowest BCUT2D eigenvalue weighted by molar-refractivity contribution is 0.179. The van der Waals surface area contributed by atoms with Crippen molar-refractivity contribution in [2.75, 3.05) is 20.3 Å². The summed E-state index contributed by atoms with van der Waals surface area (Å²) in [7, 11) is 1.70. The van der Waals surface area contributed by atoms with Gasteiger partial charge in [0.15, 0.2) is 0 Å². The van der Waals surface area contributed by atoms with Crippen LogP contribution in [0.1, 0.15) is 38.7 Å². The van der Waals surface area contributed by atoms with E-state index in [2.05, 4.69) is 25.2 Å². The molecule has 1 aliphatic carbocycles. The smallest absolute Gasteiger partial charge is 0.127 e. The van der Waals surface area contributed by atoms with E-state index in [1.54, 1.807) is 7.11 Å². The second kappa shape index (κ2) is 7.53. The standard InChI is InChI=1S/C17H27NO2/c1-13(2)10-18-11-15-7-8-16(19-3)9-17(15)20-12-14-5-4-6-14/h7-9,13-14,18H,4-6,10-12H2,1-3H3. The third-order valence-corrected chi connectivity index (χ3v) is 3.84. The Kier molecular flexibility index (Phi) is 5.72. The van der Waals surface area contributed by atoms with E-state index in [0.717, 1.165) is 37.1 Å². The van der Waals surface area contributed by atoms with Crippen molar-refractivity contribution >= 4 is 0 Å². The van der Waals surface area contributed by atoms with Gasteiger partial charge < -0.3 is 14.8 Å². The number of hydrogen-bond donors (Lipinski definition) is 1. The van der Waals surface area contributed by atoms with E-state index in [0.29, 0.717) is 5.92 Å². The molecule has 1 saturated carbocycles. The average Bonchev–Trinajstić information content (AvgIpc) is 2.38. The fraction of sp³-hybridized carbons (Fsp3) is 0.647. The fourth-order valence-electron chi connectivity index (χ4n) is 2.30. The van der Waals surface area contributed by atoms with Crippen LogP contribution in [0.3, 0.4) is 0 Å². The van der Waals surface area contributed by atoms with Gasteiger partial charge >= 0.3 is 0 Å². The first-order valence-electron chi connectivity index (χ1n) is 7.69. The van der Waals surface area contributed by atoms with E-state index < -0.39 is 0 Å². The average molecular weight is 277 g/mol. The fourth-order valence-corrected chi connectivity index (χ4v) is 2.30. The third-order valence-electron chi connectivity index (χ3n) is 3.84. The Morgan fingerprint density at radius 1 is 1.30 bits per heavy atom. The van der Waals surface area contributed by atoms with Crippen molar-refractivity contribution in [2.45, 2.75) is 39.7 Å². The maximum atomic E-state index is 6.02. The summed E-state index contributed by atoms with van der Waals surface area (Å²) in [4.78, 5) is 0. The zero-order valence-corrected chi connectivity index (χ0v) is 12.9. The molecule has 0 aromatic heterocycles. The van der Waals surface area contributed by atoms with Crippen LogP contribution in [0.5, 0.6) is 11.5 Å². The molecule has 3 heteroatoms. The largest absolute Gasteiger partial charge is 0.497 e. The van der Waals surface area contributed by atoms with Crippen molar-refractivity contribution in [2.24, 2.45) is 11.8 Å². The third kappa shape index (κ3) is 4.41. The molecule has 0 spiro atoms. The van der Waals surface area contributed by atoms with E-state index in [4.69, 9.17) is 9.47 Å². The summed E-state index contributed by atoms with van der Waals surface area (Å²) < 4.78 is 11.3. The van der Waals surface area contributed by atoms with E-state index in [9.17, 15) is 0 Å². The normalized spacial score (nSPS) is 15.2. The van der Waals surface area contributed by atoms with Gasteiger partial charge in [-0.25, -0.2) is 0 Å². The van der Waals surface area contributed by atoms with Gasteiger partial charge in [0, 0.05) is 18.2 Å². The number of hydrogen-bond acceptors (Lipinski definition) is 3. The molecule has 0 bridgehead atoms. The minimum Gasteiger partial charge on any atom is -0.497 e. The van der Waals surface area contributed by atoms with Gasteiger partial charge in [-0.15, -0.1) is 0 Å². The molecule has 1 aromatic carbocycles. The molecule has 1 aromatic rings. The zero-order chi connectivity index (χ0) is 14.4. The van der Waals surface area contributed by atoms with Gasteiger partial charge in [0.1, 0.15) is 11.5 Å². The summed E-state index contributed by atoms with van der Waals surface area (Å²) in [5.41, 5.74) is 1.21. The van der Waals surface area contributed by atoms with E-state index in [-0.39, 0.29) is 0 Å². The van der Waals surface area contributed by atoms with Crippen LogP contribution in [0, 0.1) is 11.8 Å². The summed E-state index contributed by atoms with van der Waals surface area (Å²) in [6.45, 7) is 7.14. The quantitative estimate of drug-likeness (QED) is 0.787. The Hall–Kier alpha value is -1.22. The highest BCUT2D eigenvalue weighted by atomic mass is 16.5. The minimum absolute atomic E-state index is 0.660. The lowest BCUT2D eigenvalue weighted by atomic mass is 9.86. The Labute approximate surface area is 122 Å². The van der Waals surface area contributed by atoms with Crippen molar-refractivity contribution in [3.05, 3.63) is 23.8 Å². The molecule has 0 aliphatic heterocycles. The number of nitrogens with one attached hydrogen (secondary N) is 1. The molecule has 0 unspecified atom stereocenters. The number of benzene rings is 1. The molecule has 20 heavy (non-hydrogen) atoms. The first-order valence-corrected chi connectivity index (χ1v) is 7.69. The van der Waals surface area contributed by atoms with E-state index in [1.807, 2.05) is 12.1 Å². The molecular formula is C17H27NO2. The molecule has 0 amide bonds. The van der Waals surface area contributed by atoms with Gasteiger partial charge in [0.25, 0.3) is 0 Å². The molecule has 1 aliphatic rings. The highest BCUT2D eigenvalue weighted by molar-refractivity contribution is 5.40. The van der Waals surface area contributed by atoms with Crippen molar-refractivity contribution in [3.63, 3.8) is 0 Å². The number of ether oxygens (including phenoxy) is 2. The van der Waals surface area contributed by atoms with Crippen LogP contribution in [-0.4, -0.2) is 20.3 Å². The second-order valence-corrected chi connectivity index (χ2v) is 6.11. The maximum absolute atomic E-state index is 6.02. The predicted octanol–water partition coefficient (Wildman–Crippen LogP) is 3.62. The zero-order valence-electron chi connectivity index (χ0n) is 12.9. The highest BCUT2D eigenvalue weighted by Gasteiger charge is 2.18.